The van der Waals surface area contributed by atoms with Gasteiger partial charge in [0, 0.05) is 34.4 Å². The molecule has 0 atom stereocenters. The molecule has 0 amide bonds. The number of para-hydroxylation sites is 1. The summed E-state index contributed by atoms with van der Waals surface area (Å²) in [5, 5.41) is 11.1. The molecule has 4 aromatic carbocycles. The van der Waals surface area contributed by atoms with Gasteiger partial charge in [-0.3, -0.25) is 10.1 Å². The minimum absolute atomic E-state index is 0.0259. The third kappa shape index (κ3) is 3.16. The smallest absolute Gasteiger partial charge is 0.269 e. The Morgan fingerprint density at radius 2 is 1.26 bits per heavy atom. The molecule has 1 aliphatic heterocycles. The zero-order valence-electron chi connectivity index (χ0n) is 16.5. The summed E-state index contributed by atoms with van der Waals surface area (Å²) < 4.78 is 6.74. The Morgan fingerprint density at radius 1 is 0.710 bits per heavy atom. The molecular weight excluding hydrogens is 388 g/mol. The van der Waals surface area contributed by atoms with Crippen LogP contribution in [-0.2, 0) is 10.3 Å². The van der Waals surface area contributed by atoms with Crippen LogP contribution in [0.15, 0.2) is 114 Å². The van der Waals surface area contributed by atoms with Gasteiger partial charge in [-0.1, -0.05) is 78.9 Å². The summed E-state index contributed by atoms with van der Waals surface area (Å²) in [6.07, 6.45) is 0. The van der Waals surface area contributed by atoms with Gasteiger partial charge in [-0.05, 0) is 18.2 Å². The lowest BCUT2D eigenvalue weighted by Crippen LogP contribution is -2.37. The predicted octanol–water partition coefficient (Wildman–Crippen LogP) is 6.00. The van der Waals surface area contributed by atoms with Crippen molar-refractivity contribution in [3.63, 3.8) is 0 Å². The van der Waals surface area contributed by atoms with Crippen LogP contribution in [0.5, 0.6) is 0 Å². The Bertz CT molecular complexity index is 1230. The van der Waals surface area contributed by atoms with E-state index in [-0.39, 0.29) is 5.69 Å². The van der Waals surface area contributed by atoms with E-state index in [4.69, 9.17) is 9.73 Å². The van der Waals surface area contributed by atoms with Crippen molar-refractivity contribution in [1.82, 2.24) is 0 Å². The first kappa shape index (κ1) is 18.8. The van der Waals surface area contributed by atoms with Gasteiger partial charge in [0.15, 0.2) is 5.60 Å². The lowest BCUT2D eigenvalue weighted by Gasteiger charge is -2.39. The Labute approximate surface area is 179 Å². The zero-order chi connectivity index (χ0) is 21.3. The largest absolute Gasteiger partial charge is 0.456 e. The molecule has 0 unspecified atom stereocenters. The standard InChI is InChI=1S/C26H18N2O3/c29-28(30)22-17-15-19(16-18-22)25-27-24-14-8-7-13-23(24)26(31-25,20-9-3-1-4-10-20)21-11-5-2-6-12-21/h1-18H. The normalized spacial score (nSPS) is 14.1. The molecule has 0 saturated heterocycles. The molecule has 4 aromatic rings. The first-order valence-corrected chi connectivity index (χ1v) is 9.91. The minimum Gasteiger partial charge on any atom is -0.456 e. The number of nitro benzene ring substituents is 1. The molecule has 0 aromatic heterocycles. The van der Waals surface area contributed by atoms with Crippen molar-refractivity contribution in [2.24, 2.45) is 4.99 Å². The lowest BCUT2D eigenvalue weighted by atomic mass is 9.78. The van der Waals surface area contributed by atoms with E-state index in [1.807, 2.05) is 84.9 Å². The van der Waals surface area contributed by atoms with E-state index in [0.29, 0.717) is 11.5 Å². The van der Waals surface area contributed by atoms with Crippen molar-refractivity contribution in [2.45, 2.75) is 5.60 Å². The summed E-state index contributed by atoms with van der Waals surface area (Å²) in [6.45, 7) is 0. The van der Waals surface area contributed by atoms with Crippen LogP contribution in [0.3, 0.4) is 0 Å². The van der Waals surface area contributed by atoms with Crippen molar-refractivity contribution >= 4 is 17.3 Å². The fourth-order valence-electron chi connectivity index (χ4n) is 3.99. The van der Waals surface area contributed by atoms with Crippen LogP contribution >= 0.6 is 0 Å². The molecule has 1 aliphatic rings. The molecule has 5 rings (SSSR count). The molecule has 150 valence electrons. The van der Waals surface area contributed by atoms with Crippen LogP contribution in [0.2, 0.25) is 0 Å². The molecule has 0 fully saturated rings. The average Bonchev–Trinajstić information content (AvgIpc) is 2.84. The summed E-state index contributed by atoms with van der Waals surface area (Å²) in [4.78, 5) is 15.4. The van der Waals surface area contributed by atoms with Crippen molar-refractivity contribution in [1.29, 1.82) is 0 Å². The fraction of sp³-hybridized carbons (Fsp3) is 0.0385. The molecule has 5 heteroatoms. The number of fused-ring (bicyclic) bond motifs is 1. The van der Waals surface area contributed by atoms with E-state index >= 15 is 0 Å². The van der Waals surface area contributed by atoms with Crippen LogP contribution in [0.1, 0.15) is 22.3 Å². The lowest BCUT2D eigenvalue weighted by molar-refractivity contribution is -0.384. The minimum atomic E-state index is -0.905. The molecule has 0 bridgehead atoms. The predicted molar refractivity (Wildman–Crippen MR) is 120 cm³/mol. The highest BCUT2D eigenvalue weighted by atomic mass is 16.6. The fourth-order valence-corrected chi connectivity index (χ4v) is 3.99. The second kappa shape index (κ2) is 7.54. The van der Waals surface area contributed by atoms with Gasteiger partial charge < -0.3 is 4.74 Å². The van der Waals surface area contributed by atoms with Crippen molar-refractivity contribution in [3.05, 3.63) is 142 Å². The number of hydrogen-bond donors (Lipinski definition) is 0. The van der Waals surface area contributed by atoms with Crippen LogP contribution in [0.4, 0.5) is 11.4 Å². The molecule has 0 radical (unpaired) electrons. The van der Waals surface area contributed by atoms with Crippen molar-refractivity contribution in [3.8, 4) is 0 Å². The number of nitro groups is 1. The number of benzene rings is 4. The summed E-state index contributed by atoms with van der Waals surface area (Å²) >= 11 is 0. The molecule has 0 N–H and O–H groups in total. The number of non-ortho nitro benzene ring substituents is 1. The Morgan fingerprint density at radius 3 is 1.84 bits per heavy atom. The molecule has 0 spiro atoms. The van der Waals surface area contributed by atoms with Gasteiger partial charge in [0.1, 0.15) is 0 Å². The first-order chi connectivity index (χ1) is 15.2. The summed E-state index contributed by atoms with van der Waals surface area (Å²) in [6, 6.07) is 34.3. The Kier molecular flexibility index (Phi) is 4.56. The van der Waals surface area contributed by atoms with E-state index in [1.165, 1.54) is 12.1 Å². The highest BCUT2D eigenvalue weighted by Crippen LogP contribution is 2.47. The quantitative estimate of drug-likeness (QED) is 0.309. The summed E-state index contributed by atoms with van der Waals surface area (Å²) in [7, 11) is 0. The monoisotopic (exact) mass is 406 g/mol. The Balaban J connectivity index is 1.75. The van der Waals surface area contributed by atoms with E-state index in [1.54, 1.807) is 12.1 Å². The van der Waals surface area contributed by atoms with E-state index in [9.17, 15) is 10.1 Å². The molecule has 0 saturated carbocycles. The van der Waals surface area contributed by atoms with Gasteiger partial charge in [0.2, 0.25) is 5.90 Å². The van der Waals surface area contributed by atoms with Gasteiger partial charge >= 0.3 is 0 Å². The van der Waals surface area contributed by atoms with Crippen molar-refractivity contribution < 1.29 is 9.66 Å². The van der Waals surface area contributed by atoms with Gasteiger partial charge in [-0.25, -0.2) is 4.99 Å². The highest BCUT2D eigenvalue weighted by Gasteiger charge is 2.44. The van der Waals surface area contributed by atoms with E-state index in [0.717, 1.165) is 22.4 Å². The van der Waals surface area contributed by atoms with Gasteiger partial charge in [0.05, 0.1) is 10.6 Å². The van der Waals surface area contributed by atoms with Gasteiger partial charge in [-0.15, -0.1) is 0 Å². The molecular formula is C26H18N2O3. The highest BCUT2D eigenvalue weighted by molar-refractivity contribution is 5.98. The average molecular weight is 406 g/mol. The number of rotatable bonds is 4. The van der Waals surface area contributed by atoms with Crippen LogP contribution in [-0.4, -0.2) is 10.8 Å². The molecule has 31 heavy (non-hydrogen) atoms. The molecule has 0 aliphatic carbocycles. The number of nitrogens with zero attached hydrogens (tertiary/aromatic N) is 2. The molecule has 5 nitrogen and oxygen atoms in total. The van der Waals surface area contributed by atoms with Crippen molar-refractivity contribution in [2.75, 3.05) is 0 Å². The maximum Gasteiger partial charge on any atom is 0.269 e. The van der Waals surface area contributed by atoms with Crippen LogP contribution in [0, 0.1) is 10.1 Å². The van der Waals surface area contributed by atoms with Crippen LogP contribution in [0.25, 0.3) is 0 Å². The van der Waals surface area contributed by atoms with E-state index < -0.39 is 10.5 Å². The van der Waals surface area contributed by atoms with E-state index in [2.05, 4.69) is 0 Å². The maximum absolute atomic E-state index is 11.1. The number of hydrogen-bond acceptors (Lipinski definition) is 4. The Hall–Kier alpha value is -4.25. The second-order valence-corrected chi connectivity index (χ2v) is 7.25. The third-order valence-corrected chi connectivity index (χ3v) is 5.44. The topological polar surface area (TPSA) is 64.7 Å². The third-order valence-electron chi connectivity index (χ3n) is 5.44. The maximum atomic E-state index is 11.1. The zero-order valence-corrected chi connectivity index (χ0v) is 16.5. The number of aliphatic imine (C=N–C) groups is 1. The molecule has 1 heterocycles. The summed E-state index contributed by atoms with van der Waals surface area (Å²) in [5.41, 5.74) is 3.49. The van der Waals surface area contributed by atoms with Gasteiger partial charge in [0.25, 0.3) is 5.69 Å². The van der Waals surface area contributed by atoms with Crippen LogP contribution < -0.4 is 0 Å². The summed E-state index contributed by atoms with van der Waals surface area (Å²) in [5.74, 6) is 0.418. The van der Waals surface area contributed by atoms with Gasteiger partial charge in [-0.2, -0.15) is 0 Å². The second-order valence-electron chi connectivity index (χ2n) is 7.25. The number of ether oxygens (including phenoxy) is 1. The SMILES string of the molecule is O=[N+]([O-])c1ccc(C2=Nc3ccccc3C(c3ccccc3)(c3ccccc3)O2)cc1. The first-order valence-electron chi connectivity index (χ1n) is 9.91.